The van der Waals surface area contributed by atoms with E-state index in [0.29, 0.717) is 60.6 Å². The van der Waals surface area contributed by atoms with E-state index >= 15 is 4.39 Å². The minimum absolute atomic E-state index is 0.0197. The molecule has 3 aromatic rings. The fourth-order valence-corrected chi connectivity index (χ4v) is 5.03. The molecular weight excluding hydrogens is 562 g/mol. The van der Waals surface area contributed by atoms with Gasteiger partial charge in [-0.2, -0.15) is 0 Å². The summed E-state index contributed by atoms with van der Waals surface area (Å²) in [5.41, 5.74) is 0.656. The molecule has 1 saturated heterocycles. The predicted octanol–water partition coefficient (Wildman–Crippen LogP) is 5.26. The number of aromatic nitrogens is 2. The Labute approximate surface area is 240 Å². The lowest BCUT2D eigenvalue weighted by molar-refractivity contribution is -0.127. The van der Waals surface area contributed by atoms with Crippen LogP contribution in [0.3, 0.4) is 0 Å². The maximum Gasteiger partial charge on any atom is 0.332 e. The van der Waals surface area contributed by atoms with Crippen molar-refractivity contribution in [2.75, 3.05) is 51.1 Å². The molecule has 13 heteroatoms. The molecule has 0 spiro atoms. The van der Waals surface area contributed by atoms with Gasteiger partial charge in [-0.3, -0.25) is 4.79 Å². The normalized spacial score (nSPS) is 15.7. The zero-order valence-electron chi connectivity index (χ0n) is 22.1. The van der Waals surface area contributed by atoms with Crippen LogP contribution in [-0.4, -0.2) is 78.6 Å². The summed E-state index contributed by atoms with van der Waals surface area (Å²) in [7, 11) is 5.37. The second-order valence-corrected chi connectivity index (χ2v) is 10.4. The van der Waals surface area contributed by atoms with Gasteiger partial charge in [0.05, 0.1) is 33.7 Å². The maximum absolute atomic E-state index is 15.1. The molecule has 0 unspecified atom stereocenters. The molecule has 1 N–H and O–H groups in total. The molecule has 2 aliphatic rings. The highest BCUT2D eigenvalue weighted by atomic mass is 35.5. The number of nitrogens with one attached hydrogen (secondary N) is 1. The van der Waals surface area contributed by atoms with E-state index in [2.05, 4.69) is 15.3 Å². The summed E-state index contributed by atoms with van der Waals surface area (Å²) in [6, 6.07) is 3.76. The lowest BCUT2D eigenvalue weighted by Gasteiger charge is -2.34. The lowest BCUT2D eigenvalue weighted by Crippen LogP contribution is -2.41. The second-order valence-electron chi connectivity index (χ2n) is 9.64. The molecule has 0 atom stereocenters. The van der Waals surface area contributed by atoms with Gasteiger partial charge in [0.2, 0.25) is 5.91 Å². The number of likely N-dealkylation sites (N-methyl/N-ethyl adjacent to an activating group) is 1. The first kappa shape index (κ1) is 27.9. The summed E-state index contributed by atoms with van der Waals surface area (Å²) >= 11 is 12.0. The Kier molecular flexibility index (Phi) is 7.97. The van der Waals surface area contributed by atoms with Gasteiger partial charge in [-0.1, -0.05) is 29.3 Å². The third-order valence-corrected chi connectivity index (χ3v) is 7.50. The molecule has 10 nitrogen and oxygen atoms in total. The zero-order chi connectivity index (χ0) is 28.6. The minimum atomic E-state index is -0.859. The molecule has 5 rings (SSSR count). The van der Waals surface area contributed by atoms with Crippen molar-refractivity contribution in [3.8, 4) is 11.5 Å². The number of likely N-dealkylation sites (tertiary alicyclic amines) is 1. The van der Waals surface area contributed by atoms with Crippen LogP contribution < -0.4 is 19.7 Å². The molecule has 1 fully saturated rings. The number of carbonyl (C=O) groups excluding carboxylic acids is 2. The smallest absolute Gasteiger partial charge is 0.332 e. The Morgan fingerprint density at radius 2 is 2.00 bits per heavy atom. The Bertz CT molecular complexity index is 1510. The molecule has 2 aliphatic heterocycles. The first-order valence-corrected chi connectivity index (χ1v) is 13.3. The Balaban J connectivity index is 1.46. The van der Waals surface area contributed by atoms with Crippen molar-refractivity contribution < 1.29 is 23.5 Å². The Morgan fingerprint density at radius 3 is 2.70 bits per heavy atom. The number of benzene rings is 2. The first-order valence-electron chi connectivity index (χ1n) is 12.6. The molecule has 3 amide bonds. The van der Waals surface area contributed by atoms with Crippen molar-refractivity contribution in [3.63, 3.8) is 0 Å². The van der Waals surface area contributed by atoms with Crippen LogP contribution in [0.2, 0.25) is 10.0 Å². The summed E-state index contributed by atoms with van der Waals surface area (Å²) in [4.78, 5) is 39.4. The van der Waals surface area contributed by atoms with E-state index in [9.17, 15) is 9.59 Å². The van der Waals surface area contributed by atoms with Crippen LogP contribution in [0.4, 0.5) is 26.4 Å². The summed E-state index contributed by atoms with van der Waals surface area (Å²) in [5.74, 6) is -0.0701. The third kappa shape index (κ3) is 5.24. The number of ether oxygens (including phenoxy) is 2. The zero-order valence-corrected chi connectivity index (χ0v) is 23.6. The Morgan fingerprint density at radius 1 is 1.25 bits per heavy atom. The van der Waals surface area contributed by atoms with E-state index in [-0.39, 0.29) is 33.6 Å². The van der Waals surface area contributed by atoms with Gasteiger partial charge in [-0.15, -0.1) is 0 Å². The first-order chi connectivity index (χ1) is 19.2. The van der Waals surface area contributed by atoms with Crippen molar-refractivity contribution in [2.45, 2.75) is 18.9 Å². The third-order valence-electron chi connectivity index (χ3n) is 6.72. The fraction of sp³-hybridized carbons (Fsp3) is 0.333. The van der Waals surface area contributed by atoms with Crippen LogP contribution in [0.25, 0.3) is 10.9 Å². The summed E-state index contributed by atoms with van der Waals surface area (Å²) < 4.78 is 27.1. The van der Waals surface area contributed by atoms with Gasteiger partial charge in [-0.25, -0.2) is 24.1 Å². The quantitative estimate of drug-likeness (QED) is 0.297. The molecule has 0 radical (unpaired) electrons. The number of anilines is 3. The van der Waals surface area contributed by atoms with Gasteiger partial charge in [-0.05, 0) is 26.2 Å². The van der Waals surface area contributed by atoms with Gasteiger partial charge >= 0.3 is 6.03 Å². The second kappa shape index (κ2) is 11.4. The summed E-state index contributed by atoms with van der Waals surface area (Å²) in [6.07, 6.45) is 5.64. The minimum Gasteiger partial charge on any atom is -0.493 e. The van der Waals surface area contributed by atoms with Crippen LogP contribution in [0.1, 0.15) is 12.8 Å². The van der Waals surface area contributed by atoms with E-state index in [0.717, 1.165) is 4.90 Å². The van der Waals surface area contributed by atoms with Crippen molar-refractivity contribution in [1.82, 2.24) is 19.8 Å². The standard InChI is InChI=1S/C27H27Cl2FN6O4/c1-34(2)10-4-5-20(37)35-11-8-15(9-12-35)40-25-19(39-3)13-17-21-24(25)33-27(38)36(26(21)32-14-31-17)18-7-6-16(28)22(29)23(18)30/h4-7,13-15H,8-12H2,1-3H3,(H,33,38)/b5-4+. The largest absolute Gasteiger partial charge is 0.493 e. The molecule has 1 aromatic heterocycles. The molecule has 210 valence electrons. The van der Waals surface area contributed by atoms with E-state index in [1.54, 1.807) is 17.0 Å². The van der Waals surface area contributed by atoms with Gasteiger partial charge in [0, 0.05) is 44.6 Å². The molecule has 40 heavy (non-hydrogen) atoms. The Hall–Kier alpha value is -3.67. The van der Waals surface area contributed by atoms with Crippen LogP contribution in [-0.2, 0) is 4.79 Å². The molecule has 0 bridgehead atoms. The van der Waals surface area contributed by atoms with Gasteiger partial charge in [0.15, 0.2) is 23.1 Å². The molecule has 2 aromatic carbocycles. The van der Waals surface area contributed by atoms with Crippen molar-refractivity contribution >= 4 is 63.2 Å². The van der Waals surface area contributed by atoms with Crippen molar-refractivity contribution in [3.05, 3.63) is 52.5 Å². The highest BCUT2D eigenvalue weighted by Gasteiger charge is 2.35. The van der Waals surface area contributed by atoms with Crippen LogP contribution in [0.5, 0.6) is 11.5 Å². The number of rotatable bonds is 7. The van der Waals surface area contributed by atoms with E-state index in [4.69, 9.17) is 32.7 Å². The molecule has 0 aliphatic carbocycles. The lowest BCUT2D eigenvalue weighted by atomic mass is 10.1. The SMILES string of the molecule is COc1cc2ncnc3c2c(c1OC1CCN(C(=O)/C=C/CN(C)C)CC1)NC(=O)N3c1ccc(Cl)c(Cl)c1F. The van der Waals surface area contributed by atoms with E-state index in [1.807, 2.05) is 25.1 Å². The monoisotopic (exact) mass is 588 g/mol. The number of amides is 3. The number of hydrogen-bond acceptors (Lipinski definition) is 7. The number of piperidine rings is 1. The van der Waals surface area contributed by atoms with Crippen molar-refractivity contribution in [1.29, 1.82) is 0 Å². The summed E-state index contributed by atoms with van der Waals surface area (Å²) in [5, 5.41) is 2.97. The molecule has 3 heterocycles. The van der Waals surface area contributed by atoms with Crippen molar-refractivity contribution in [2.24, 2.45) is 0 Å². The molecule has 0 saturated carbocycles. The topological polar surface area (TPSA) is 100 Å². The van der Waals surface area contributed by atoms with Gasteiger partial charge in [0.1, 0.15) is 18.1 Å². The van der Waals surface area contributed by atoms with Crippen LogP contribution >= 0.6 is 23.2 Å². The predicted molar refractivity (Wildman–Crippen MR) is 152 cm³/mol. The van der Waals surface area contributed by atoms with E-state index < -0.39 is 11.8 Å². The van der Waals surface area contributed by atoms with E-state index in [1.165, 1.54) is 25.6 Å². The highest BCUT2D eigenvalue weighted by molar-refractivity contribution is 6.42. The number of methoxy groups -OCH3 is 1. The van der Waals surface area contributed by atoms with Crippen LogP contribution in [0.15, 0.2) is 36.7 Å². The van der Waals surface area contributed by atoms with Crippen LogP contribution in [0, 0.1) is 5.82 Å². The average Bonchev–Trinajstić information content (AvgIpc) is 2.94. The average molecular weight is 589 g/mol. The summed E-state index contributed by atoms with van der Waals surface area (Å²) in [6.45, 7) is 1.72. The van der Waals surface area contributed by atoms with Gasteiger partial charge in [0.25, 0.3) is 0 Å². The van der Waals surface area contributed by atoms with Gasteiger partial charge < -0.3 is 24.6 Å². The number of carbonyl (C=O) groups is 2. The number of halogens is 3. The molecular formula is C27H27Cl2FN6O4. The number of nitrogens with zero attached hydrogens (tertiary/aromatic N) is 5. The maximum atomic E-state index is 15.1. The fourth-order valence-electron chi connectivity index (χ4n) is 4.72. The number of hydrogen-bond donors (Lipinski definition) is 1. The number of urea groups is 1. The highest BCUT2D eigenvalue weighted by Crippen LogP contribution is 2.49.